The molecule has 1 aliphatic rings. The smallest absolute Gasteiger partial charge is 0.0468 e. The van der Waals surface area contributed by atoms with E-state index in [0.29, 0.717) is 0 Å². The first kappa shape index (κ1) is 34.1. The summed E-state index contributed by atoms with van der Waals surface area (Å²) in [6.07, 6.45) is 12.2. The molecule has 270 valence electrons. The third kappa shape index (κ3) is 7.01. The van der Waals surface area contributed by atoms with Crippen molar-refractivity contribution in [2.75, 3.05) is 9.80 Å². The van der Waals surface area contributed by atoms with Crippen LogP contribution >= 0.6 is 0 Å². The number of fused-ring (bicyclic) bond motifs is 4. The van der Waals surface area contributed by atoms with Crippen LogP contribution in [0.3, 0.4) is 0 Å². The van der Waals surface area contributed by atoms with Gasteiger partial charge in [-0.1, -0.05) is 158 Å². The second-order valence-electron chi connectivity index (χ2n) is 14.7. The number of nitrogens with zero attached hydrogens (tertiary/aromatic N) is 2. The van der Waals surface area contributed by atoms with Crippen molar-refractivity contribution in [2.24, 2.45) is 0 Å². The SMILES string of the molecule is C1=CC(N(c2ccc(/C=C/c3ccc(N(c4ccc5ccccc5c4)c4ccc5ccccc5c4)cc3)cc2)c2ccc3ccccc3c2)=Cc2ccccc2C1. The minimum absolute atomic E-state index is 0.914. The molecule has 9 aromatic rings. The summed E-state index contributed by atoms with van der Waals surface area (Å²) in [5.74, 6) is 0. The van der Waals surface area contributed by atoms with Gasteiger partial charge in [0.25, 0.3) is 0 Å². The van der Waals surface area contributed by atoms with Crippen molar-refractivity contribution in [1.29, 1.82) is 0 Å². The monoisotopic (exact) mass is 728 g/mol. The summed E-state index contributed by atoms with van der Waals surface area (Å²) < 4.78 is 0. The van der Waals surface area contributed by atoms with Crippen LogP contribution < -0.4 is 9.80 Å². The van der Waals surface area contributed by atoms with Crippen molar-refractivity contribution in [3.63, 3.8) is 0 Å². The molecule has 0 heterocycles. The summed E-state index contributed by atoms with van der Waals surface area (Å²) in [6.45, 7) is 0. The van der Waals surface area contributed by atoms with Crippen molar-refractivity contribution in [3.05, 3.63) is 240 Å². The van der Waals surface area contributed by atoms with Gasteiger partial charge in [-0.2, -0.15) is 0 Å². The maximum absolute atomic E-state index is 2.37. The van der Waals surface area contributed by atoms with E-state index in [0.717, 1.165) is 51.7 Å². The summed E-state index contributed by atoms with van der Waals surface area (Å²) >= 11 is 0. The molecular formula is C55H40N2. The average Bonchev–Trinajstić information content (AvgIpc) is 3.49. The molecule has 0 fully saturated rings. The van der Waals surface area contributed by atoms with E-state index >= 15 is 0 Å². The second kappa shape index (κ2) is 15.0. The molecule has 1 aliphatic carbocycles. The van der Waals surface area contributed by atoms with Gasteiger partial charge in [0.2, 0.25) is 0 Å². The van der Waals surface area contributed by atoms with Gasteiger partial charge in [-0.25, -0.2) is 0 Å². The minimum Gasteiger partial charge on any atom is -0.310 e. The maximum atomic E-state index is 2.37. The number of hydrogen-bond donors (Lipinski definition) is 0. The van der Waals surface area contributed by atoms with Gasteiger partial charge in [0.1, 0.15) is 0 Å². The highest BCUT2D eigenvalue weighted by Crippen LogP contribution is 2.38. The van der Waals surface area contributed by atoms with Crippen LogP contribution in [0.15, 0.2) is 218 Å². The van der Waals surface area contributed by atoms with Gasteiger partial charge in [0, 0.05) is 34.1 Å². The highest BCUT2D eigenvalue weighted by atomic mass is 15.1. The summed E-state index contributed by atoms with van der Waals surface area (Å²) in [5, 5.41) is 7.37. The third-order valence-electron chi connectivity index (χ3n) is 11.0. The summed E-state index contributed by atoms with van der Waals surface area (Å²) in [4.78, 5) is 4.72. The van der Waals surface area contributed by atoms with Crippen molar-refractivity contribution in [2.45, 2.75) is 6.42 Å². The maximum Gasteiger partial charge on any atom is 0.0468 e. The van der Waals surface area contributed by atoms with Crippen LogP contribution in [-0.4, -0.2) is 0 Å². The fourth-order valence-corrected chi connectivity index (χ4v) is 8.02. The molecule has 10 rings (SSSR count). The minimum atomic E-state index is 0.914. The Morgan fingerprint density at radius 1 is 0.351 bits per heavy atom. The zero-order chi connectivity index (χ0) is 38.0. The van der Waals surface area contributed by atoms with E-state index < -0.39 is 0 Å². The Hall–Kier alpha value is -7.42. The van der Waals surface area contributed by atoms with Gasteiger partial charge in [-0.05, 0) is 134 Å². The van der Waals surface area contributed by atoms with Gasteiger partial charge in [-0.3, -0.25) is 0 Å². The lowest BCUT2D eigenvalue weighted by molar-refractivity contribution is 1.22. The molecule has 2 nitrogen and oxygen atoms in total. The predicted molar refractivity (Wildman–Crippen MR) is 245 cm³/mol. The van der Waals surface area contributed by atoms with Gasteiger partial charge < -0.3 is 9.80 Å². The highest BCUT2D eigenvalue weighted by molar-refractivity contribution is 5.93. The normalized spacial score (nSPS) is 12.5. The van der Waals surface area contributed by atoms with Crippen LogP contribution in [-0.2, 0) is 6.42 Å². The van der Waals surface area contributed by atoms with Crippen LogP contribution in [0.5, 0.6) is 0 Å². The zero-order valence-corrected chi connectivity index (χ0v) is 31.5. The summed E-state index contributed by atoms with van der Waals surface area (Å²) in [7, 11) is 0. The first-order chi connectivity index (χ1) is 28.2. The molecule has 0 radical (unpaired) electrons. The Kier molecular flexibility index (Phi) is 8.98. The molecule has 0 spiro atoms. The summed E-state index contributed by atoms with van der Waals surface area (Å²) in [5.41, 5.74) is 11.6. The Morgan fingerprint density at radius 2 is 0.754 bits per heavy atom. The molecule has 0 saturated heterocycles. The number of benzene rings is 9. The van der Waals surface area contributed by atoms with Crippen LogP contribution in [0, 0.1) is 0 Å². The molecule has 0 aromatic heterocycles. The number of anilines is 5. The fourth-order valence-electron chi connectivity index (χ4n) is 8.02. The first-order valence-corrected chi connectivity index (χ1v) is 19.6. The Labute approximate surface area is 334 Å². The Balaban J connectivity index is 0.954. The van der Waals surface area contributed by atoms with Gasteiger partial charge in [0.15, 0.2) is 0 Å². The largest absolute Gasteiger partial charge is 0.310 e. The van der Waals surface area contributed by atoms with Crippen LogP contribution in [0.4, 0.5) is 28.4 Å². The number of rotatable bonds is 8. The fraction of sp³-hybridized carbons (Fsp3) is 0.0182. The van der Waals surface area contributed by atoms with Crippen molar-refractivity contribution in [3.8, 4) is 0 Å². The van der Waals surface area contributed by atoms with E-state index in [4.69, 9.17) is 0 Å². The molecule has 0 aliphatic heterocycles. The zero-order valence-electron chi connectivity index (χ0n) is 31.5. The molecule has 0 saturated carbocycles. The van der Waals surface area contributed by atoms with Gasteiger partial charge >= 0.3 is 0 Å². The van der Waals surface area contributed by atoms with E-state index in [-0.39, 0.29) is 0 Å². The molecule has 0 amide bonds. The van der Waals surface area contributed by atoms with E-state index in [1.54, 1.807) is 0 Å². The molecule has 0 unspecified atom stereocenters. The first-order valence-electron chi connectivity index (χ1n) is 19.6. The van der Waals surface area contributed by atoms with Crippen LogP contribution in [0.25, 0.3) is 50.5 Å². The van der Waals surface area contributed by atoms with Gasteiger partial charge in [-0.15, -0.1) is 0 Å². The topological polar surface area (TPSA) is 6.48 Å². The molecule has 9 aromatic carbocycles. The lowest BCUT2D eigenvalue weighted by atomic mass is 10.0. The molecule has 0 bridgehead atoms. The van der Waals surface area contributed by atoms with E-state index in [9.17, 15) is 0 Å². The average molecular weight is 729 g/mol. The Bertz CT molecular complexity index is 2910. The molecule has 2 heteroatoms. The Morgan fingerprint density at radius 3 is 1.26 bits per heavy atom. The van der Waals surface area contributed by atoms with Crippen LogP contribution in [0.1, 0.15) is 22.3 Å². The molecular weight excluding hydrogens is 689 g/mol. The summed E-state index contributed by atoms with van der Waals surface area (Å²) in [6, 6.07) is 72.3. The number of allylic oxidation sites excluding steroid dienone is 2. The van der Waals surface area contributed by atoms with Crippen molar-refractivity contribution >= 4 is 79.0 Å². The lowest BCUT2D eigenvalue weighted by Crippen LogP contribution is -2.15. The quantitative estimate of drug-likeness (QED) is 0.144. The predicted octanol–water partition coefficient (Wildman–Crippen LogP) is 15.1. The molecule has 57 heavy (non-hydrogen) atoms. The van der Waals surface area contributed by atoms with E-state index in [2.05, 4.69) is 240 Å². The lowest BCUT2D eigenvalue weighted by Gasteiger charge is -2.27. The highest BCUT2D eigenvalue weighted by Gasteiger charge is 2.17. The second-order valence-corrected chi connectivity index (χ2v) is 14.7. The van der Waals surface area contributed by atoms with Gasteiger partial charge in [0.05, 0.1) is 0 Å². The third-order valence-corrected chi connectivity index (χ3v) is 11.0. The van der Waals surface area contributed by atoms with E-state index in [1.807, 2.05) is 0 Å². The van der Waals surface area contributed by atoms with E-state index in [1.165, 1.54) is 43.4 Å². The number of hydrogen-bond acceptors (Lipinski definition) is 2. The molecule has 0 atom stereocenters. The molecule has 0 N–H and O–H groups in total. The van der Waals surface area contributed by atoms with Crippen molar-refractivity contribution < 1.29 is 0 Å². The van der Waals surface area contributed by atoms with Crippen LogP contribution in [0.2, 0.25) is 0 Å². The van der Waals surface area contributed by atoms with Crippen molar-refractivity contribution in [1.82, 2.24) is 0 Å². The standard InChI is InChI=1S/C55H40N2/c1-5-14-46-36-52(19-9-18-42(46)10-1)56(53-33-26-43-11-2-6-15-47(43)37-53)50-29-22-40(23-30-50)20-21-41-24-31-51(32-25-41)57(54-34-27-44-12-3-7-16-48(44)38-54)55-35-28-45-13-4-8-17-49(45)39-55/h1-17,19-39H,18H2/b21-20+.